The van der Waals surface area contributed by atoms with Gasteiger partial charge in [-0.2, -0.15) is 0 Å². The van der Waals surface area contributed by atoms with Gasteiger partial charge in [-0.25, -0.2) is 4.68 Å². The lowest BCUT2D eigenvalue weighted by molar-refractivity contribution is 0.132. The zero-order valence-electron chi connectivity index (χ0n) is 12.7. The van der Waals surface area contributed by atoms with Gasteiger partial charge < -0.3 is 9.15 Å². The summed E-state index contributed by atoms with van der Waals surface area (Å²) < 4.78 is 12.5. The normalized spacial score (nSPS) is 11.4. The van der Waals surface area contributed by atoms with E-state index in [1.54, 1.807) is 13.4 Å². The number of unbranched alkanes of at least 4 members (excludes halogenated alkanes) is 1. The summed E-state index contributed by atoms with van der Waals surface area (Å²) in [6.07, 6.45) is 3.89. The van der Waals surface area contributed by atoms with E-state index in [2.05, 4.69) is 27.3 Å². The summed E-state index contributed by atoms with van der Waals surface area (Å²) in [5.74, 6) is 1.81. The molecule has 21 heavy (non-hydrogen) atoms. The number of tetrazole rings is 1. The maximum Gasteiger partial charge on any atom is 0.165 e. The second-order valence-electron chi connectivity index (χ2n) is 4.95. The fraction of sp³-hybridized carbons (Fsp3) is 0.643. The summed E-state index contributed by atoms with van der Waals surface area (Å²) in [5.41, 5.74) is 0. The Bertz CT molecular complexity index is 497. The Labute approximate surface area is 124 Å². The number of furan rings is 1. The van der Waals surface area contributed by atoms with E-state index in [0.717, 1.165) is 44.1 Å². The molecule has 0 saturated carbocycles. The Morgan fingerprint density at radius 2 is 2.29 bits per heavy atom. The third kappa shape index (κ3) is 4.95. The highest BCUT2D eigenvalue weighted by molar-refractivity contribution is 4.98. The Kier molecular flexibility index (Phi) is 6.36. The van der Waals surface area contributed by atoms with Crippen LogP contribution in [0.5, 0.6) is 0 Å². The predicted molar refractivity (Wildman–Crippen MR) is 77.4 cm³/mol. The average Bonchev–Trinajstić information content (AvgIpc) is 3.14. The highest BCUT2D eigenvalue weighted by atomic mass is 16.5. The molecule has 0 N–H and O–H groups in total. The van der Waals surface area contributed by atoms with E-state index in [9.17, 15) is 0 Å². The minimum atomic E-state index is 0.664. The molecule has 0 saturated heterocycles. The van der Waals surface area contributed by atoms with Crippen LogP contribution < -0.4 is 0 Å². The monoisotopic (exact) mass is 293 g/mol. The van der Waals surface area contributed by atoms with Gasteiger partial charge in [0.05, 0.1) is 26.0 Å². The molecule has 2 heterocycles. The van der Waals surface area contributed by atoms with Gasteiger partial charge in [-0.05, 0) is 29.0 Å². The summed E-state index contributed by atoms with van der Waals surface area (Å²) in [5, 5.41) is 12.0. The molecule has 0 aliphatic carbocycles. The topological polar surface area (TPSA) is 69.2 Å². The van der Waals surface area contributed by atoms with Crippen LogP contribution in [0.15, 0.2) is 22.8 Å². The third-order valence-electron chi connectivity index (χ3n) is 3.27. The number of methoxy groups -OCH3 is 1. The van der Waals surface area contributed by atoms with Crippen molar-refractivity contribution in [1.82, 2.24) is 25.1 Å². The first-order valence-electron chi connectivity index (χ1n) is 7.32. The van der Waals surface area contributed by atoms with Gasteiger partial charge in [0.25, 0.3) is 0 Å². The summed E-state index contributed by atoms with van der Waals surface area (Å²) >= 11 is 0. The van der Waals surface area contributed by atoms with Gasteiger partial charge in [-0.15, -0.1) is 5.10 Å². The van der Waals surface area contributed by atoms with Crippen LogP contribution in [-0.2, 0) is 24.4 Å². The molecular weight excluding hydrogens is 270 g/mol. The maximum atomic E-state index is 5.42. The first-order chi connectivity index (χ1) is 10.3. The second-order valence-corrected chi connectivity index (χ2v) is 4.95. The first-order valence-corrected chi connectivity index (χ1v) is 7.32. The van der Waals surface area contributed by atoms with Crippen LogP contribution in [0.2, 0.25) is 0 Å². The van der Waals surface area contributed by atoms with E-state index in [0.29, 0.717) is 13.2 Å². The van der Waals surface area contributed by atoms with Crippen molar-refractivity contribution in [3.05, 3.63) is 30.0 Å². The molecule has 7 nitrogen and oxygen atoms in total. The number of nitrogens with zero attached hydrogens (tertiary/aromatic N) is 5. The highest BCUT2D eigenvalue weighted by Gasteiger charge is 2.13. The number of rotatable bonds is 10. The minimum Gasteiger partial charge on any atom is -0.468 e. The van der Waals surface area contributed by atoms with Crippen LogP contribution in [0, 0.1) is 0 Å². The fourth-order valence-electron chi connectivity index (χ4n) is 2.08. The van der Waals surface area contributed by atoms with Crippen LogP contribution >= 0.6 is 0 Å². The van der Waals surface area contributed by atoms with Crippen LogP contribution in [-0.4, -0.2) is 45.4 Å². The Balaban J connectivity index is 1.98. The first kappa shape index (κ1) is 15.7. The zero-order valence-corrected chi connectivity index (χ0v) is 12.7. The summed E-state index contributed by atoms with van der Waals surface area (Å²) in [6, 6.07) is 3.87. The van der Waals surface area contributed by atoms with E-state index in [-0.39, 0.29) is 0 Å². The molecule has 0 aromatic carbocycles. The molecule has 7 heteroatoms. The van der Waals surface area contributed by atoms with Gasteiger partial charge in [0.1, 0.15) is 5.76 Å². The van der Waals surface area contributed by atoms with Gasteiger partial charge in [0, 0.05) is 20.2 Å². The van der Waals surface area contributed by atoms with E-state index >= 15 is 0 Å². The molecule has 0 amide bonds. The lowest BCUT2D eigenvalue weighted by Gasteiger charge is -2.20. The van der Waals surface area contributed by atoms with Crippen molar-refractivity contribution in [2.45, 2.75) is 39.4 Å². The lowest BCUT2D eigenvalue weighted by atomic mass is 10.3. The van der Waals surface area contributed by atoms with Gasteiger partial charge in [0.15, 0.2) is 5.82 Å². The van der Waals surface area contributed by atoms with Crippen LogP contribution in [0.1, 0.15) is 31.4 Å². The SMILES string of the molecule is CCCCn1nnnc1CN(CCOC)Cc1ccco1. The zero-order chi connectivity index (χ0) is 14.9. The molecule has 0 aliphatic rings. The number of ether oxygens (including phenoxy) is 1. The Hall–Kier alpha value is -1.73. The Morgan fingerprint density at radius 3 is 3.00 bits per heavy atom. The maximum absolute atomic E-state index is 5.42. The molecule has 0 spiro atoms. The molecule has 2 aromatic heterocycles. The molecule has 0 unspecified atom stereocenters. The van der Waals surface area contributed by atoms with Crippen molar-refractivity contribution in [2.75, 3.05) is 20.3 Å². The van der Waals surface area contributed by atoms with Gasteiger partial charge >= 0.3 is 0 Å². The predicted octanol–water partition coefficient (Wildman–Crippen LogP) is 1.71. The molecular formula is C14H23N5O2. The van der Waals surface area contributed by atoms with E-state index in [1.807, 2.05) is 16.8 Å². The molecule has 0 atom stereocenters. The highest BCUT2D eigenvalue weighted by Crippen LogP contribution is 2.09. The quantitative estimate of drug-likeness (QED) is 0.664. The molecule has 0 aliphatic heterocycles. The molecule has 0 bridgehead atoms. The lowest BCUT2D eigenvalue weighted by Crippen LogP contribution is -2.28. The standard InChI is InChI=1S/C14H23N5O2/c1-3-4-7-19-14(15-16-17-19)12-18(8-10-20-2)11-13-6-5-9-21-13/h5-6,9H,3-4,7-8,10-12H2,1-2H3. The van der Waals surface area contributed by atoms with Crippen molar-refractivity contribution in [2.24, 2.45) is 0 Å². The summed E-state index contributed by atoms with van der Waals surface area (Å²) in [6.45, 7) is 5.89. The van der Waals surface area contributed by atoms with Crippen LogP contribution in [0.3, 0.4) is 0 Å². The van der Waals surface area contributed by atoms with Crippen molar-refractivity contribution in [3.8, 4) is 0 Å². The molecule has 0 fully saturated rings. The van der Waals surface area contributed by atoms with Gasteiger partial charge in [-0.3, -0.25) is 4.90 Å². The van der Waals surface area contributed by atoms with E-state index < -0.39 is 0 Å². The van der Waals surface area contributed by atoms with Gasteiger partial charge in [0.2, 0.25) is 0 Å². The number of hydrogen-bond donors (Lipinski definition) is 0. The third-order valence-corrected chi connectivity index (χ3v) is 3.27. The molecule has 2 rings (SSSR count). The largest absolute Gasteiger partial charge is 0.468 e. The van der Waals surface area contributed by atoms with E-state index in [1.165, 1.54) is 0 Å². The van der Waals surface area contributed by atoms with Crippen molar-refractivity contribution < 1.29 is 9.15 Å². The smallest absolute Gasteiger partial charge is 0.165 e. The number of aryl methyl sites for hydroxylation is 1. The number of aromatic nitrogens is 4. The number of hydrogen-bond acceptors (Lipinski definition) is 6. The van der Waals surface area contributed by atoms with Crippen molar-refractivity contribution in [1.29, 1.82) is 0 Å². The minimum absolute atomic E-state index is 0.664. The molecule has 0 radical (unpaired) electrons. The fourth-order valence-corrected chi connectivity index (χ4v) is 2.08. The summed E-state index contributed by atoms with van der Waals surface area (Å²) in [4.78, 5) is 2.22. The van der Waals surface area contributed by atoms with Crippen LogP contribution in [0.25, 0.3) is 0 Å². The molecule has 116 valence electrons. The Morgan fingerprint density at radius 1 is 1.38 bits per heavy atom. The second kappa shape index (κ2) is 8.53. The van der Waals surface area contributed by atoms with Gasteiger partial charge in [-0.1, -0.05) is 13.3 Å². The van der Waals surface area contributed by atoms with Crippen molar-refractivity contribution in [3.63, 3.8) is 0 Å². The van der Waals surface area contributed by atoms with E-state index in [4.69, 9.17) is 9.15 Å². The molecule has 2 aromatic rings. The summed E-state index contributed by atoms with van der Waals surface area (Å²) in [7, 11) is 1.70. The average molecular weight is 293 g/mol. The van der Waals surface area contributed by atoms with Crippen LogP contribution in [0.4, 0.5) is 0 Å². The van der Waals surface area contributed by atoms with Crippen molar-refractivity contribution >= 4 is 0 Å².